The minimum absolute atomic E-state index is 0.184. The molecule has 1 aromatic heterocycles. The first-order chi connectivity index (χ1) is 9.24. The molecular formula is C13H13Cl2N3O. The molecule has 4 nitrogen and oxygen atoms in total. The summed E-state index contributed by atoms with van der Waals surface area (Å²) in [4.78, 5) is 0. The Balaban J connectivity index is 1.81. The minimum Gasteiger partial charge on any atom is -0.492 e. The highest BCUT2D eigenvalue weighted by Crippen LogP contribution is 2.39. The van der Waals surface area contributed by atoms with Crippen molar-refractivity contribution in [1.82, 2.24) is 15.5 Å². The van der Waals surface area contributed by atoms with Crippen LogP contribution in [0.5, 0.6) is 5.75 Å². The highest BCUT2D eigenvalue weighted by Gasteiger charge is 2.23. The molecule has 1 aliphatic rings. The molecule has 0 spiro atoms. The Hall–Kier alpha value is -1.23. The average Bonchev–Trinajstić information content (AvgIpc) is 2.89. The van der Waals surface area contributed by atoms with E-state index in [0.29, 0.717) is 23.2 Å². The standard InChI is InChI=1S/C13H13Cl2N3O/c14-8-5-10-12(16-7-9-1-3-17-18-9)2-4-19-13(10)11(15)6-8/h1,3,5-6,12,16H,2,4,7H2,(H,17,18). The third-order valence-corrected chi connectivity index (χ3v) is 3.66. The zero-order valence-corrected chi connectivity index (χ0v) is 11.6. The molecule has 19 heavy (non-hydrogen) atoms. The second-order valence-electron chi connectivity index (χ2n) is 4.46. The Morgan fingerprint density at radius 2 is 2.32 bits per heavy atom. The van der Waals surface area contributed by atoms with Crippen LogP contribution in [-0.2, 0) is 6.54 Å². The Morgan fingerprint density at radius 3 is 3.11 bits per heavy atom. The van der Waals surface area contributed by atoms with Gasteiger partial charge in [0.05, 0.1) is 11.6 Å². The van der Waals surface area contributed by atoms with Crippen molar-refractivity contribution in [2.75, 3.05) is 6.61 Å². The molecule has 1 atom stereocenters. The van der Waals surface area contributed by atoms with Gasteiger partial charge in [0.1, 0.15) is 5.75 Å². The molecule has 6 heteroatoms. The van der Waals surface area contributed by atoms with Gasteiger partial charge >= 0.3 is 0 Å². The van der Waals surface area contributed by atoms with E-state index < -0.39 is 0 Å². The third kappa shape index (κ3) is 2.71. The van der Waals surface area contributed by atoms with Crippen molar-refractivity contribution in [3.8, 4) is 5.75 Å². The molecule has 100 valence electrons. The van der Waals surface area contributed by atoms with Crippen LogP contribution in [0.3, 0.4) is 0 Å². The van der Waals surface area contributed by atoms with Crippen molar-refractivity contribution >= 4 is 23.2 Å². The Labute approximate surface area is 121 Å². The Bertz CT molecular complexity index is 572. The summed E-state index contributed by atoms with van der Waals surface area (Å²) < 4.78 is 5.63. The number of benzene rings is 1. The minimum atomic E-state index is 0.184. The lowest BCUT2D eigenvalue weighted by Gasteiger charge is -2.27. The number of rotatable bonds is 3. The Morgan fingerprint density at radius 1 is 1.42 bits per heavy atom. The van der Waals surface area contributed by atoms with E-state index in [0.717, 1.165) is 23.4 Å². The molecule has 3 rings (SSSR count). The molecule has 0 radical (unpaired) electrons. The van der Waals surface area contributed by atoms with Crippen LogP contribution in [-0.4, -0.2) is 16.8 Å². The number of fused-ring (bicyclic) bond motifs is 1. The van der Waals surface area contributed by atoms with Crippen molar-refractivity contribution in [2.45, 2.75) is 19.0 Å². The summed E-state index contributed by atoms with van der Waals surface area (Å²) in [5.41, 5.74) is 2.06. The fourth-order valence-electron chi connectivity index (χ4n) is 2.25. The summed E-state index contributed by atoms with van der Waals surface area (Å²) in [5, 5.41) is 11.5. The zero-order chi connectivity index (χ0) is 13.2. The molecule has 1 aliphatic heterocycles. The molecule has 1 unspecified atom stereocenters. The van der Waals surface area contributed by atoms with Gasteiger partial charge in [-0.15, -0.1) is 0 Å². The molecule has 0 amide bonds. The van der Waals surface area contributed by atoms with Crippen LogP contribution < -0.4 is 10.1 Å². The fraction of sp³-hybridized carbons (Fsp3) is 0.308. The molecule has 2 N–H and O–H groups in total. The second-order valence-corrected chi connectivity index (χ2v) is 5.30. The molecule has 1 aromatic carbocycles. The summed E-state index contributed by atoms with van der Waals surface area (Å²) in [6.07, 6.45) is 2.63. The fourth-order valence-corrected chi connectivity index (χ4v) is 2.82. The van der Waals surface area contributed by atoms with Gasteiger partial charge in [0.2, 0.25) is 0 Å². The van der Waals surface area contributed by atoms with Gasteiger partial charge in [-0.1, -0.05) is 23.2 Å². The molecule has 0 saturated carbocycles. The van der Waals surface area contributed by atoms with Crippen LogP contribution in [0.2, 0.25) is 10.0 Å². The average molecular weight is 298 g/mol. The lowest BCUT2D eigenvalue weighted by atomic mass is 10.0. The molecular weight excluding hydrogens is 285 g/mol. The number of aromatic amines is 1. The number of nitrogens with one attached hydrogen (secondary N) is 2. The van der Waals surface area contributed by atoms with Crippen molar-refractivity contribution in [1.29, 1.82) is 0 Å². The number of ether oxygens (including phenoxy) is 1. The van der Waals surface area contributed by atoms with Gasteiger partial charge in [-0.05, 0) is 18.2 Å². The number of hydrogen-bond donors (Lipinski definition) is 2. The number of nitrogens with zero attached hydrogens (tertiary/aromatic N) is 1. The van der Waals surface area contributed by atoms with Gasteiger partial charge in [0.15, 0.2) is 0 Å². The van der Waals surface area contributed by atoms with Gasteiger partial charge < -0.3 is 10.1 Å². The number of aromatic nitrogens is 2. The highest BCUT2D eigenvalue weighted by molar-refractivity contribution is 6.35. The second kappa shape index (κ2) is 5.41. The maximum atomic E-state index is 6.16. The normalized spacial score (nSPS) is 17.9. The zero-order valence-electron chi connectivity index (χ0n) is 10.1. The van der Waals surface area contributed by atoms with Crippen molar-refractivity contribution in [2.24, 2.45) is 0 Å². The quantitative estimate of drug-likeness (QED) is 0.914. The van der Waals surface area contributed by atoms with Gasteiger partial charge in [-0.2, -0.15) is 5.10 Å². The summed E-state index contributed by atoms with van der Waals surface area (Å²) in [7, 11) is 0. The van der Waals surface area contributed by atoms with E-state index in [4.69, 9.17) is 27.9 Å². The van der Waals surface area contributed by atoms with E-state index in [2.05, 4.69) is 15.5 Å². The number of halogens is 2. The molecule has 0 fully saturated rings. The van der Waals surface area contributed by atoms with E-state index >= 15 is 0 Å². The van der Waals surface area contributed by atoms with Crippen LogP contribution in [0, 0.1) is 0 Å². The van der Waals surface area contributed by atoms with E-state index in [9.17, 15) is 0 Å². The van der Waals surface area contributed by atoms with Crippen molar-refractivity contribution < 1.29 is 4.74 Å². The first-order valence-corrected chi connectivity index (χ1v) is 6.83. The molecule has 2 aromatic rings. The lowest BCUT2D eigenvalue weighted by molar-refractivity contribution is 0.252. The maximum Gasteiger partial charge on any atom is 0.142 e. The van der Waals surface area contributed by atoms with Gasteiger partial charge in [0.25, 0.3) is 0 Å². The van der Waals surface area contributed by atoms with E-state index in [1.54, 1.807) is 12.3 Å². The highest BCUT2D eigenvalue weighted by atomic mass is 35.5. The largest absolute Gasteiger partial charge is 0.492 e. The number of hydrogen-bond acceptors (Lipinski definition) is 3. The third-order valence-electron chi connectivity index (χ3n) is 3.16. The molecule has 0 bridgehead atoms. The molecule has 0 saturated heterocycles. The van der Waals surface area contributed by atoms with Crippen LogP contribution in [0.25, 0.3) is 0 Å². The molecule has 0 aliphatic carbocycles. The summed E-state index contributed by atoms with van der Waals surface area (Å²) in [5.74, 6) is 0.736. The summed E-state index contributed by atoms with van der Waals surface area (Å²) in [6.45, 7) is 1.36. The van der Waals surface area contributed by atoms with Crippen LogP contribution in [0.15, 0.2) is 24.4 Å². The predicted octanol–water partition coefficient (Wildman–Crippen LogP) is 3.33. The maximum absolute atomic E-state index is 6.16. The Kier molecular flexibility index (Phi) is 3.64. The van der Waals surface area contributed by atoms with Gasteiger partial charge in [-0.25, -0.2) is 0 Å². The van der Waals surface area contributed by atoms with E-state index in [1.165, 1.54) is 0 Å². The van der Waals surface area contributed by atoms with Crippen molar-refractivity contribution in [3.05, 3.63) is 45.7 Å². The first-order valence-electron chi connectivity index (χ1n) is 6.07. The SMILES string of the molecule is Clc1cc(Cl)c2c(c1)C(NCc1ccn[nH]1)CCO2. The summed E-state index contributed by atoms with van der Waals surface area (Å²) in [6, 6.07) is 5.74. The number of H-pyrrole nitrogens is 1. The monoisotopic (exact) mass is 297 g/mol. The molecule has 2 heterocycles. The topological polar surface area (TPSA) is 49.9 Å². The van der Waals surface area contributed by atoms with Crippen LogP contribution in [0.1, 0.15) is 23.7 Å². The van der Waals surface area contributed by atoms with Gasteiger partial charge in [0, 0.05) is 41.5 Å². The van der Waals surface area contributed by atoms with Crippen molar-refractivity contribution in [3.63, 3.8) is 0 Å². The first kappa shape index (κ1) is 12.8. The summed E-state index contributed by atoms with van der Waals surface area (Å²) >= 11 is 12.2. The van der Waals surface area contributed by atoms with Crippen LogP contribution >= 0.6 is 23.2 Å². The lowest BCUT2D eigenvalue weighted by Crippen LogP contribution is -2.27. The van der Waals surface area contributed by atoms with E-state index in [1.807, 2.05) is 12.1 Å². The van der Waals surface area contributed by atoms with Gasteiger partial charge in [-0.3, -0.25) is 5.10 Å². The van der Waals surface area contributed by atoms with Crippen LogP contribution in [0.4, 0.5) is 0 Å². The smallest absolute Gasteiger partial charge is 0.142 e. The van der Waals surface area contributed by atoms with E-state index in [-0.39, 0.29) is 6.04 Å². The predicted molar refractivity (Wildman–Crippen MR) is 74.7 cm³/mol.